The third-order valence-electron chi connectivity index (χ3n) is 2.89. The molecule has 0 saturated carbocycles. The maximum Gasteiger partial charge on any atom is 0.330 e. The highest BCUT2D eigenvalue weighted by Crippen LogP contribution is 2.17. The van der Waals surface area contributed by atoms with Crippen molar-refractivity contribution in [1.29, 1.82) is 0 Å². The number of esters is 1. The van der Waals surface area contributed by atoms with Crippen molar-refractivity contribution in [3.63, 3.8) is 0 Å². The molecule has 124 valence electrons. The van der Waals surface area contributed by atoms with Crippen LogP contribution < -0.4 is 4.74 Å². The molecular weight excluding hydrogens is 334 g/mol. The Bertz CT molecular complexity index is 760. The highest BCUT2D eigenvalue weighted by Gasteiger charge is 2.04. The van der Waals surface area contributed by atoms with Gasteiger partial charge in [-0.05, 0) is 29.8 Å². The molecule has 0 radical (unpaired) electrons. The summed E-state index contributed by atoms with van der Waals surface area (Å²) in [4.78, 5) is 21.8. The van der Waals surface area contributed by atoms with E-state index in [-0.39, 0.29) is 18.9 Å². The van der Waals surface area contributed by atoms with Crippen LogP contribution in [0, 0.1) is 10.1 Å². The molecule has 0 aliphatic rings. The van der Waals surface area contributed by atoms with E-state index in [0.717, 1.165) is 0 Å². The lowest BCUT2D eigenvalue weighted by Crippen LogP contribution is -2.10. The number of carbonyl (C=O) groups excluding carboxylic acids is 1. The number of halogens is 1. The number of carbonyl (C=O) groups is 1. The molecule has 0 heterocycles. The Morgan fingerprint density at radius 1 is 1.17 bits per heavy atom. The molecule has 0 saturated heterocycles. The molecule has 24 heavy (non-hydrogen) atoms. The molecule has 2 aromatic carbocycles. The molecule has 0 amide bonds. The maximum absolute atomic E-state index is 11.6. The van der Waals surface area contributed by atoms with E-state index in [4.69, 9.17) is 21.1 Å². The lowest BCUT2D eigenvalue weighted by atomic mass is 10.2. The van der Waals surface area contributed by atoms with Gasteiger partial charge in [0.2, 0.25) is 0 Å². The highest BCUT2D eigenvalue weighted by molar-refractivity contribution is 6.30. The van der Waals surface area contributed by atoms with Crippen LogP contribution in [0.5, 0.6) is 5.75 Å². The van der Waals surface area contributed by atoms with Crippen LogP contribution in [0.15, 0.2) is 54.6 Å². The minimum atomic E-state index is -0.559. The Labute approximate surface area is 143 Å². The summed E-state index contributed by atoms with van der Waals surface area (Å²) in [7, 11) is 0. The van der Waals surface area contributed by atoms with E-state index in [1.54, 1.807) is 36.4 Å². The third-order valence-corrected chi connectivity index (χ3v) is 3.12. The first-order valence-corrected chi connectivity index (χ1v) is 7.40. The number of nitrogens with zero attached hydrogens (tertiary/aromatic N) is 1. The summed E-state index contributed by atoms with van der Waals surface area (Å²) in [5.41, 5.74) is 0.497. The molecule has 0 fully saturated rings. The van der Waals surface area contributed by atoms with Crippen LogP contribution in [0.1, 0.15) is 5.56 Å². The molecule has 7 heteroatoms. The van der Waals surface area contributed by atoms with E-state index in [9.17, 15) is 14.9 Å². The van der Waals surface area contributed by atoms with Gasteiger partial charge < -0.3 is 9.47 Å². The summed E-state index contributed by atoms with van der Waals surface area (Å²) < 4.78 is 10.4. The largest absolute Gasteiger partial charge is 0.490 e. The Morgan fingerprint density at radius 2 is 1.96 bits per heavy atom. The second kappa shape index (κ2) is 8.69. The van der Waals surface area contributed by atoms with Gasteiger partial charge in [-0.2, -0.15) is 0 Å². The van der Waals surface area contributed by atoms with Gasteiger partial charge in [0.1, 0.15) is 19.0 Å². The monoisotopic (exact) mass is 347 g/mol. The fourth-order valence-corrected chi connectivity index (χ4v) is 1.99. The lowest BCUT2D eigenvalue weighted by molar-refractivity contribution is -0.384. The zero-order valence-electron chi connectivity index (χ0n) is 12.6. The number of ether oxygens (including phenoxy) is 2. The molecule has 0 atom stereocenters. The molecule has 2 aromatic rings. The van der Waals surface area contributed by atoms with Gasteiger partial charge >= 0.3 is 5.97 Å². The molecule has 0 aliphatic heterocycles. The van der Waals surface area contributed by atoms with Gasteiger partial charge in [-0.1, -0.05) is 29.8 Å². The quantitative estimate of drug-likeness (QED) is 0.250. The fourth-order valence-electron chi connectivity index (χ4n) is 1.81. The first kappa shape index (κ1) is 17.5. The van der Waals surface area contributed by atoms with Crippen LogP contribution in [0.3, 0.4) is 0 Å². The Kier molecular flexibility index (Phi) is 6.33. The third kappa shape index (κ3) is 5.73. The maximum atomic E-state index is 11.6. The van der Waals surface area contributed by atoms with Crippen LogP contribution in [-0.2, 0) is 9.53 Å². The standard InChI is InChI=1S/C17H14ClNO5/c18-14-4-2-6-16(12-14)23-9-10-24-17(20)8-7-13-3-1-5-15(11-13)19(21)22/h1-8,11-12H,9-10H2/b8-7+. The second-order valence-electron chi connectivity index (χ2n) is 4.66. The zero-order valence-corrected chi connectivity index (χ0v) is 13.3. The number of hydrogen-bond donors (Lipinski definition) is 0. The van der Waals surface area contributed by atoms with Gasteiger partial charge in [0.15, 0.2) is 0 Å². The highest BCUT2D eigenvalue weighted by atomic mass is 35.5. The summed E-state index contributed by atoms with van der Waals surface area (Å²) >= 11 is 5.82. The zero-order chi connectivity index (χ0) is 17.4. The van der Waals surface area contributed by atoms with Crippen molar-refractivity contribution in [3.8, 4) is 5.75 Å². The second-order valence-corrected chi connectivity index (χ2v) is 5.10. The van der Waals surface area contributed by atoms with E-state index >= 15 is 0 Å². The van der Waals surface area contributed by atoms with Crippen molar-refractivity contribution in [1.82, 2.24) is 0 Å². The number of hydrogen-bond acceptors (Lipinski definition) is 5. The van der Waals surface area contributed by atoms with Gasteiger partial charge in [0.05, 0.1) is 4.92 Å². The first-order chi connectivity index (χ1) is 11.5. The summed E-state index contributed by atoms with van der Waals surface area (Å²) in [5.74, 6) is 0.0295. The van der Waals surface area contributed by atoms with E-state index in [0.29, 0.717) is 16.3 Å². The van der Waals surface area contributed by atoms with Crippen molar-refractivity contribution >= 4 is 29.3 Å². The Hall–Kier alpha value is -2.86. The predicted octanol–water partition coefficient (Wildman–Crippen LogP) is 3.88. The van der Waals surface area contributed by atoms with E-state index < -0.39 is 10.9 Å². The van der Waals surface area contributed by atoms with Gasteiger partial charge in [-0.25, -0.2) is 4.79 Å². The van der Waals surface area contributed by atoms with Gasteiger partial charge in [-0.3, -0.25) is 10.1 Å². The minimum absolute atomic E-state index is 0.0413. The van der Waals surface area contributed by atoms with Crippen molar-refractivity contribution in [3.05, 3.63) is 75.3 Å². The van der Waals surface area contributed by atoms with Crippen LogP contribution >= 0.6 is 11.6 Å². The molecule has 0 unspecified atom stereocenters. The Balaban J connectivity index is 1.77. The Morgan fingerprint density at radius 3 is 2.71 bits per heavy atom. The van der Waals surface area contributed by atoms with Gasteiger partial charge in [-0.15, -0.1) is 0 Å². The van der Waals surface area contributed by atoms with Crippen LogP contribution in [0.25, 0.3) is 6.08 Å². The van der Waals surface area contributed by atoms with Crippen LogP contribution in [-0.4, -0.2) is 24.1 Å². The number of rotatable bonds is 7. The molecule has 0 aliphatic carbocycles. The number of benzene rings is 2. The average molecular weight is 348 g/mol. The van der Waals surface area contributed by atoms with Crippen molar-refractivity contribution in [2.45, 2.75) is 0 Å². The van der Waals surface area contributed by atoms with Gasteiger partial charge in [0.25, 0.3) is 5.69 Å². The fraction of sp³-hybridized carbons (Fsp3) is 0.118. The smallest absolute Gasteiger partial charge is 0.330 e. The van der Waals surface area contributed by atoms with Crippen molar-refractivity contribution in [2.24, 2.45) is 0 Å². The summed E-state index contributed by atoms with van der Waals surface area (Å²) in [6, 6.07) is 12.8. The van der Waals surface area contributed by atoms with Crippen molar-refractivity contribution in [2.75, 3.05) is 13.2 Å². The number of nitro benzene ring substituents is 1. The van der Waals surface area contributed by atoms with Gasteiger partial charge in [0, 0.05) is 23.2 Å². The average Bonchev–Trinajstić information content (AvgIpc) is 2.57. The van der Waals surface area contributed by atoms with E-state index in [2.05, 4.69) is 0 Å². The molecule has 0 bridgehead atoms. The molecule has 0 N–H and O–H groups in total. The molecule has 0 spiro atoms. The SMILES string of the molecule is O=C(/C=C/c1cccc([N+](=O)[O-])c1)OCCOc1cccc(Cl)c1. The summed E-state index contributed by atoms with van der Waals surface area (Å²) in [5, 5.41) is 11.2. The predicted molar refractivity (Wildman–Crippen MR) is 90.0 cm³/mol. The van der Waals surface area contributed by atoms with E-state index in [1.807, 2.05) is 0 Å². The van der Waals surface area contributed by atoms with Crippen molar-refractivity contribution < 1.29 is 19.2 Å². The molecule has 6 nitrogen and oxygen atoms in total. The summed E-state index contributed by atoms with van der Waals surface area (Å²) in [6.45, 7) is 0.265. The topological polar surface area (TPSA) is 78.7 Å². The molecule has 0 aromatic heterocycles. The van der Waals surface area contributed by atoms with E-state index in [1.165, 1.54) is 24.3 Å². The van der Waals surface area contributed by atoms with Crippen LogP contribution in [0.4, 0.5) is 5.69 Å². The number of non-ortho nitro benzene ring substituents is 1. The summed E-state index contributed by atoms with van der Waals surface area (Å²) in [6.07, 6.45) is 2.66. The first-order valence-electron chi connectivity index (χ1n) is 7.02. The molecular formula is C17H14ClNO5. The van der Waals surface area contributed by atoms with Crippen LogP contribution in [0.2, 0.25) is 5.02 Å². The number of nitro groups is 1. The molecule has 2 rings (SSSR count). The minimum Gasteiger partial charge on any atom is -0.490 e. The lowest BCUT2D eigenvalue weighted by Gasteiger charge is -2.06. The normalized spacial score (nSPS) is 10.5.